The molecule has 1 fully saturated rings. The minimum atomic E-state index is -4.71. The summed E-state index contributed by atoms with van der Waals surface area (Å²) in [6, 6.07) is 5.65. The molecule has 33 heavy (non-hydrogen) atoms. The van der Waals surface area contributed by atoms with Crippen molar-refractivity contribution >= 4 is 11.7 Å². The van der Waals surface area contributed by atoms with Crippen LogP contribution in [0.3, 0.4) is 0 Å². The number of amides is 1. The molecule has 0 aliphatic carbocycles. The molecule has 0 radical (unpaired) electrons. The van der Waals surface area contributed by atoms with Crippen LogP contribution in [0.2, 0.25) is 0 Å². The summed E-state index contributed by atoms with van der Waals surface area (Å²) in [6.45, 7) is 0.424. The Bertz CT molecular complexity index is 1160. The molecule has 0 unspecified atom stereocenters. The quantitative estimate of drug-likeness (QED) is 0.575. The highest BCUT2D eigenvalue weighted by Gasteiger charge is 2.33. The minimum Gasteiger partial charge on any atom is -0.363 e. The fraction of sp³-hybridized carbons (Fsp3) is 0.273. The van der Waals surface area contributed by atoms with Crippen molar-refractivity contribution < 1.29 is 26.7 Å². The zero-order valence-corrected chi connectivity index (χ0v) is 17.1. The fourth-order valence-corrected chi connectivity index (χ4v) is 3.70. The molecule has 0 spiro atoms. The fourth-order valence-electron chi connectivity index (χ4n) is 3.70. The molecule has 0 bridgehead atoms. The van der Waals surface area contributed by atoms with Gasteiger partial charge in [-0.25, -0.2) is 23.7 Å². The third-order valence-corrected chi connectivity index (χ3v) is 5.25. The van der Waals surface area contributed by atoms with Gasteiger partial charge < -0.3 is 10.2 Å². The summed E-state index contributed by atoms with van der Waals surface area (Å²) in [5.41, 5.74) is -1.13. The molecular formula is C22H18F5N5O. The summed E-state index contributed by atoms with van der Waals surface area (Å²) in [6.07, 6.45) is -0.153. The molecule has 1 aliphatic rings. The number of alkyl halides is 3. The number of aromatic nitrogens is 3. The van der Waals surface area contributed by atoms with E-state index in [1.54, 1.807) is 12.1 Å². The van der Waals surface area contributed by atoms with Crippen LogP contribution in [-0.4, -0.2) is 44.9 Å². The standard InChI is InChI=1S/C22H18F5N5O/c23-16-6-1-5-15(19-28-7-3-8-29-19)18(16)21(33)32-9-2-4-14(12-32)31-20-17(24)10-13(11-30-20)22(25,26)27/h1,3,5-8,10-11,14H,2,4,9,12H2,(H,30,31)/t14-/m1/s1. The first-order valence-electron chi connectivity index (χ1n) is 10.1. The number of benzene rings is 1. The largest absolute Gasteiger partial charge is 0.417 e. The van der Waals surface area contributed by atoms with Crippen molar-refractivity contribution in [2.45, 2.75) is 25.1 Å². The third-order valence-electron chi connectivity index (χ3n) is 5.25. The number of nitrogens with zero attached hydrogens (tertiary/aromatic N) is 4. The summed E-state index contributed by atoms with van der Waals surface area (Å²) in [4.78, 5) is 26.4. The Hall–Kier alpha value is -3.63. The SMILES string of the molecule is O=C(c1c(F)cccc1-c1ncccn1)N1CCC[C@@H](Nc2ncc(C(F)(F)F)cc2F)C1. The zero-order valence-electron chi connectivity index (χ0n) is 17.1. The molecule has 4 rings (SSSR count). The normalized spacial score (nSPS) is 16.5. The molecule has 1 saturated heterocycles. The van der Waals surface area contributed by atoms with Crippen LogP contribution in [0.1, 0.15) is 28.8 Å². The molecule has 3 aromatic rings. The van der Waals surface area contributed by atoms with Gasteiger partial charge >= 0.3 is 6.18 Å². The van der Waals surface area contributed by atoms with Crippen LogP contribution in [0.15, 0.2) is 48.9 Å². The highest BCUT2D eigenvalue weighted by atomic mass is 19.4. The van der Waals surface area contributed by atoms with Crippen LogP contribution in [0, 0.1) is 11.6 Å². The molecular weight excluding hydrogens is 445 g/mol. The molecule has 1 aromatic carbocycles. The van der Waals surface area contributed by atoms with Gasteiger partial charge in [0.15, 0.2) is 17.5 Å². The van der Waals surface area contributed by atoms with Crippen LogP contribution in [-0.2, 0) is 6.18 Å². The molecule has 1 aliphatic heterocycles. The van der Waals surface area contributed by atoms with Gasteiger partial charge in [-0.1, -0.05) is 12.1 Å². The van der Waals surface area contributed by atoms with Crippen molar-refractivity contribution in [1.82, 2.24) is 19.9 Å². The molecule has 172 valence electrons. The van der Waals surface area contributed by atoms with Crippen molar-refractivity contribution in [1.29, 1.82) is 0 Å². The second-order valence-corrected chi connectivity index (χ2v) is 7.52. The number of anilines is 1. The smallest absolute Gasteiger partial charge is 0.363 e. The van der Waals surface area contributed by atoms with Gasteiger partial charge in [0, 0.05) is 43.3 Å². The Balaban J connectivity index is 1.54. The van der Waals surface area contributed by atoms with Gasteiger partial charge in [0.25, 0.3) is 5.91 Å². The van der Waals surface area contributed by atoms with Crippen molar-refractivity contribution in [3.63, 3.8) is 0 Å². The predicted octanol–water partition coefficient (Wildman–Crippen LogP) is 4.55. The Labute approximate surface area is 185 Å². The minimum absolute atomic E-state index is 0.0877. The van der Waals surface area contributed by atoms with Gasteiger partial charge in [-0.3, -0.25) is 4.79 Å². The molecule has 1 amide bonds. The first-order chi connectivity index (χ1) is 15.7. The summed E-state index contributed by atoms with van der Waals surface area (Å²) >= 11 is 0. The number of halogens is 5. The second kappa shape index (κ2) is 9.08. The van der Waals surface area contributed by atoms with Gasteiger partial charge in [-0.2, -0.15) is 13.2 Å². The number of likely N-dealkylation sites (tertiary alicyclic amines) is 1. The summed E-state index contributed by atoms with van der Waals surface area (Å²) in [5.74, 6) is -2.60. The molecule has 0 saturated carbocycles. The average molecular weight is 463 g/mol. The van der Waals surface area contributed by atoms with Crippen molar-refractivity contribution in [2.75, 3.05) is 18.4 Å². The number of piperidine rings is 1. The van der Waals surface area contributed by atoms with E-state index in [1.807, 2.05) is 0 Å². The van der Waals surface area contributed by atoms with Gasteiger partial charge in [0.1, 0.15) is 5.82 Å². The third kappa shape index (κ3) is 4.91. The monoisotopic (exact) mass is 463 g/mol. The van der Waals surface area contributed by atoms with E-state index >= 15 is 0 Å². The molecule has 1 N–H and O–H groups in total. The van der Waals surface area contributed by atoms with Crippen molar-refractivity contribution in [3.05, 3.63) is 71.7 Å². The Morgan fingerprint density at radius 2 is 1.82 bits per heavy atom. The maximum absolute atomic E-state index is 14.7. The molecule has 3 heterocycles. The van der Waals surface area contributed by atoms with E-state index in [9.17, 15) is 26.7 Å². The van der Waals surface area contributed by atoms with Crippen molar-refractivity contribution in [2.24, 2.45) is 0 Å². The maximum atomic E-state index is 14.7. The maximum Gasteiger partial charge on any atom is 0.417 e. The number of hydrogen-bond acceptors (Lipinski definition) is 5. The average Bonchev–Trinajstić information content (AvgIpc) is 2.80. The predicted molar refractivity (Wildman–Crippen MR) is 109 cm³/mol. The lowest BCUT2D eigenvalue weighted by molar-refractivity contribution is -0.138. The molecule has 1 atom stereocenters. The van der Waals surface area contributed by atoms with Crippen LogP contribution in [0.25, 0.3) is 11.4 Å². The zero-order chi connectivity index (χ0) is 23.6. The summed E-state index contributed by atoms with van der Waals surface area (Å²) in [5, 5.41) is 2.76. The van der Waals surface area contributed by atoms with Gasteiger partial charge in [0.05, 0.1) is 11.1 Å². The summed E-state index contributed by atoms with van der Waals surface area (Å²) in [7, 11) is 0. The van der Waals surface area contributed by atoms with E-state index < -0.39 is 35.3 Å². The number of pyridine rings is 1. The Morgan fingerprint density at radius 3 is 2.52 bits per heavy atom. The second-order valence-electron chi connectivity index (χ2n) is 7.52. The molecule has 6 nitrogen and oxygen atoms in total. The number of carbonyl (C=O) groups is 1. The topological polar surface area (TPSA) is 71.0 Å². The van der Waals surface area contributed by atoms with E-state index in [0.717, 1.165) is 0 Å². The van der Waals surface area contributed by atoms with E-state index in [0.29, 0.717) is 31.6 Å². The number of rotatable bonds is 4. The number of carbonyl (C=O) groups excluding carboxylic acids is 1. The van der Waals surface area contributed by atoms with E-state index in [-0.39, 0.29) is 29.3 Å². The number of hydrogen-bond donors (Lipinski definition) is 1. The lowest BCUT2D eigenvalue weighted by Crippen LogP contribution is -2.45. The summed E-state index contributed by atoms with van der Waals surface area (Å²) < 4.78 is 67.1. The highest BCUT2D eigenvalue weighted by molar-refractivity contribution is 6.00. The molecule has 11 heteroatoms. The highest BCUT2D eigenvalue weighted by Crippen LogP contribution is 2.31. The first-order valence-corrected chi connectivity index (χ1v) is 10.1. The van der Waals surface area contributed by atoms with Gasteiger partial charge in [-0.05, 0) is 31.0 Å². The Morgan fingerprint density at radius 1 is 1.06 bits per heavy atom. The number of nitrogens with one attached hydrogen (secondary N) is 1. The van der Waals surface area contributed by atoms with Crippen LogP contribution in [0.4, 0.5) is 27.8 Å². The lowest BCUT2D eigenvalue weighted by Gasteiger charge is -2.34. The van der Waals surface area contributed by atoms with Gasteiger partial charge in [-0.15, -0.1) is 0 Å². The van der Waals surface area contributed by atoms with E-state index in [1.165, 1.54) is 29.4 Å². The lowest BCUT2D eigenvalue weighted by atomic mass is 10.0. The Kier molecular flexibility index (Phi) is 6.21. The van der Waals surface area contributed by atoms with Crippen LogP contribution in [0.5, 0.6) is 0 Å². The van der Waals surface area contributed by atoms with Crippen LogP contribution < -0.4 is 5.32 Å². The van der Waals surface area contributed by atoms with E-state index in [4.69, 9.17) is 0 Å². The molecule has 2 aromatic heterocycles. The van der Waals surface area contributed by atoms with Gasteiger partial charge in [0.2, 0.25) is 0 Å². The van der Waals surface area contributed by atoms with Crippen LogP contribution >= 0.6 is 0 Å². The van der Waals surface area contributed by atoms with Crippen molar-refractivity contribution in [3.8, 4) is 11.4 Å². The first kappa shape index (κ1) is 22.6. The van der Waals surface area contributed by atoms with E-state index in [2.05, 4.69) is 20.3 Å².